The molecule has 2 N–H and O–H groups in total. The van der Waals surface area contributed by atoms with Gasteiger partial charge in [-0.05, 0) is 29.3 Å². The van der Waals surface area contributed by atoms with Crippen molar-refractivity contribution >= 4 is 5.84 Å². The number of rotatable bonds is 7. The van der Waals surface area contributed by atoms with Gasteiger partial charge in [0.15, 0.2) is 11.5 Å². The Bertz CT molecular complexity index is 862. The number of nitrogens with zero attached hydrogens (tertiary/aromatic N) is 1. The van der Waals surface area contributed by atoms with E-state index in [4.69, 9.17) is 15.2 Å². The summed E-state index contributed by atoms with van der Waals surface area (Å²) in [6.07, 6.45) is 0. The van der Waals surface area contributed by atoms with Gasteiger partial charge in [-0.2, -0.15) is 0 Å². The van der Waals surface area contributed by atoms with Gasteiger partial charge in [-0.25, -0.2) is 0 Å². The van der Waals surface area contributed by atoms with Crippen molar-refractivity contribution < 1.29 is 9.47 Å². The second kappa shape index (κ2) is 8.72. The Labute approximate surface area is 153 Å². The minimum absolute atomic E-state index is 0.454. The van der Waals surface area contributed by atoms with E-state index >= 15 is 0 Å². The second-order valence-electron chi connectivity index (χ2n) is 5.82. The van der Waals surface area contributed by atoms with Gasteiger partial charge in [0.1, 0.15) is 19.0 Å². The lowest BCUT2D eigenvalue weighted by atomic mass is 10.2. The number of benzene rings is 3. The van der Waals surface area contributed by atoms with Crippen molar-refractivity contribution in [3.63, 3.8) is 0 Å². The summed E-state index contributed by atoms with van der Waals surface area (Å²) in [5.74, 6) is 1.79. The first-order valence-corrected chi connectivity index (χ1v) is 8.46. The monoisotopic (exact) mass is 346 g/mol. The molecule has 0 aromatic heterocycles. The minimum Gasteiger partial charge on any atom is -0.485 e. The van der Waals surface area contributed by atoms with E-state index < -0.39 is 0 Å². The van der Waals surface area contributed by atoms with Gasteiger partial charge in [0, 0.05) is 12.6 Å². The van der Waals surface area contributed by atoms with Crippen LogP contribution < -0.4 is 15.2 Å². The maximum absolute atomic E-state index is 6.01. The summed E-state index contributed by atoms with van der Waals surface area (Å²) in [6.45, 7) is 0.925. The van der Waals surface area contributed by atoms with E-state index in [9.17, 15) is 0 Å². The van der Waals surface area contributed by atoms with Gasteiger partial charge in [-0.1, -0.05) is 60.7 Å². The summed E-state index contributed by atoms with van der Waals surface area (Å²) >= 11 is 0. The van der Waals surface area contributed by atoms with E-state index in [-0.39, 0.29) is 0 Å². The van der Waals surface area contributed by atoms with E-state index in [1.54, 1.807) is 7.05 Å². The molecule has 4 nitrogen and oxygen atoms in total. The SMILES string of the molecule is CN=C(N)c1ccc(OCc2ccccc2)c(OCc2ccccc2)c1. The van der Waals surface area contributed by atoms with Gasteiger partial charge in [0.05, 0.1) is 0 Å². The van der Waals surface area contributed by atoms with E-state index in [2.05, 4.69) is 4.99 Å². The van der Waals surface area contributed by atoms with Crippen molar-refractivity contribution in [2.45, 2.75) is 13.2 Å². The first-order chi connectivity index (χ1) is 12.8. The standard InChI is InChI=1S/C22H22N2O2/c1-24-22(23)19-12-13-20(25-15-17-8-4-2-5-9-17)21(14-19)26-16-18-10-6-3-7-11-18/h2-14H,15-16H2,1H3,(H2,23,24). The molecular weight excluding hydrogens is 324 g/mol. The number of nitrogens with two attached hydrogens (primary N) is 1. The third kappa shape index (κ3) is 4.63. The zero-order chi connectivity index (χ0) is 18.2. The highest BCUT2D eigenvalue weighted by Crippen LogP contribution is 2.30. The van der Waals surface area contributed by atoms with E-state index in [0.717, 1.165) is 16.7 Å². The maximum Gasteiger partial charge on any atom is 0.162 e. The molecule has 4 heteroatoms. The number of hydrogen-bond donors (Lipinski definition) is 1. The predicted molar refractivity (Wildman–Crippen MR) is 105 cm³/mol. The quantitative estimate of drug-likeness (QED) is 0.516. The summed E-state index contributed by atoms with van der Waals surface area (Å²) in [5.41, 5.74) is 8.93. The van der Waals surface area contributed by atoms with Gasteiger partial charge in [-0.15, -0.1) is 0 Å². The lowest BCUT2D eigenvalue weighted by molar-refractivity contribution is 0.256. The normalized spacial score (nSPS) is 11.2. The van der Waals surface area contributed by atoms with Crippen LogP contribution in [0.3, 0.4) is 0 Å². The first kappa shape index (κ1) is 17.5. The van der Waals surface area contributed by atoms with Gasteiger partial charge in [0.2, 0.25) is 0 Å². The molecule has 26 heavy (non-hydrogen) atoms. The molecule has 0 saturated carbocycles. The first-order valence-electron chi connectivity index (χ1n) is 8.46. The van der Waals surface area contributed by atoms with Crippen LogP contribution in [0.25, 0.3) is 0 Å². The summed E-state index contributed by atoms with van der Waals surface area (Å²) in [7, 11) is 1.67. The number of amidine groups is 1. The Morgan fingerprint density at radius 2 is 1.31 bits per heavy atom. The summed E-state index contributed by atoms with van der Waals surface area (Å²) < 4.78 is 12.0. The van der Waals surface area contributed by atoms with Gasteiger partial charge >= 0.3 is 0 Å². The molecule has 0 aliphatic rings. The van der Waals surface area contributed by atoms with Crippen molar-refractivity contribution in [3.05, 3.63) is 95.6 Å². The third-order valence-electron chi connectivity index (χ3n) is 3.95. The van der Waals surface area contributed by atoms with Crippen molar-refractivity contribution in [1.82, 2.24) is 0 Å². The highest BCUT2D eigenvalue weighted by molar-refractivity contribution is 5.97. The molecular formula is C22H22N2O2. The molecule has 3 aromatic carbocycles. The number of aliphatic imine (C=N–C) groups is 1. The second-order valence-corrected chi connectivity index (χ2v) is 5.82. The average molecular weight is 346 g/mol. The highest BCUT2D eigenvalue weighted by Gasteiger charge is 2.10. The molecule has 0 heterocycles. The van der Waals surface area contributed by atoms with Crippen LogP contribution in [0.15, 0.2) is 83.9 Å². The molecule has 0 saturated heterocycles. The molecule has 3 aromatic rings. The van der Waals surface area contributed by atoms with Crippen LogP contribution in [-0.2, 0) is 13.2 Å². The molecule has 132 valence electrons. The molecule has 0 spiro atoms. The molecule has 0 aliphatic carbocycles. The summed E-state index contributed by atoms with van der Waals surface area (Å²) in [4.78, 5) is 4.04. The molecule has 0 aliphatic heterocycles. The molecule has 0 unspecified atom stereocenters. The highest BCUT2D eigenvalue weighted by atomic mass is 16.5. The van der Waals surface area contributed by atoms with Crippen molar-refractivity contribution in [3.8, 4) is 11.5 Å². The molecule has 0 bridgehead atoms. The van der Waals surface area contributed by atoms with Crippen LogP contribution in [0.4, 0.5) is 0 Å². The summed E-state index contributed by atoms with van der Waals surface area (Å²) in [5, 5.41) is 0. The zero-order valence-electron chi connectivity index (χ0n) is 14.8. The Hall–Kier alpha value is -3.27. The van der Waals surface area contributed by atoms with Gasteiger partial charge < -0.3 is 15.2 Å². The fourth-order valence-corrected chi connectivity index (χ4v) is 2.50. The summed E-state index contributed by atoms with van der Waals surface area (Å²) in [6, 6.07) is 25.7. The lowest BCUT2D eigenvalue weighted by Gasteiger charge is -2.14. The number of ether oxygens (including phenoxy) is 2. The fraction of sp³-hybridized carbons (Fsp3) is 0.136. The Balaban J connectivity index is 1.79. The lowest BCUT2D eigenvalue weighted by Crippen LogP contribution is -2.13. The molecule has 0 amide bonds. The smallest absolute Gasteiger partial charge is 0.162 e. The zero-order valence-corrected chi connectivity index (χ0v) is 14.8. The maximum atomic E-state index is 6.01. The number of hydrogen-bond acceptors (Lipinski definition) is 3. The van der Waals surface area contributed by atoms with Crippen LogP contribution in [0.1, 0.15) is 16.7 Å². The topological polar surface area (TPSA) is 56.8 Å². The van der Waals surface area contributed by atoms with Crippen LogP contribution in [0.2, 0.25) is 0 Å². The average Bonchev–Trinajstić information content (AvgIpc) is 2.72. The predicted octanol–water partition coefficient (Wildman–Crippen LogP) is 4.18. The van der Waals surface area contributed by atoms with Crippen molar-refractivity contribution in [2.24, 2.45) is 10.7 Å². The van der Waals surface area contributed by atoms with E-state index in [0.29, 0.717) is 30.5 Å². The van der Waals surface area contributed by atoms with E-state index in [1.807, 2.05) is 78.9 Å². The Kier molecular flexibility index (Phi) is 5.88. The molecule has 0 radical (unpaired) electrons. The van der Waals surface area contributed by atoms with Crippen LogP contribution >= 0.6 is 0 Å². The fourth-order valence-electron chi connectivity index (χ4n) is 2.50. The molecule has 0 fully saturated rings. The molecule has 0 atom stereocenters. The van der Waals surface area contributed by atoms with Crippen LogP contribution in [0, 0.1) is 0 Å². The van der Waals surface area contributed by atoms with E-state index in [1.165, 1.54) is 0 Å². The third-order valence-corrected chi connectivity index (χ3v) is 3.95. The van der Waals surface area contributed by atoms with Gasteiger partial charge in [-0.3, -0.25) is 4.99 Å². The van der Waals surface area contributed by atoms with Crippen molar-refractivity contribution in [2.75, 3.05) is 7.05 Å². The van der Waals surface area contributed by atoms with Crippen LogP contribution in [0.5, 0.6) is 11.5 Å². The minimum atomic E-state index is 0.454. The Morgan fingerprint density at radius 3 is 1.85 bits per heavy atom. The molecule has 3 rings (SSSR count). The largest absolute Gasteiger partial charge is 0.485 e. The van der Waals surface area contributed by atoms with Gasteiger partial charge in [0.25, 0.3) is 0 Å². The van der Waals surface area contributed by atoms with Crippen molar-refractivity contribution in [1.29, 1.82) is 0 Å². The Morgan fingerprint density at radius 1 is 0.769 bits per heavy atom. The van der Waals surface area contributed by atoms with Crippen LogP contribution in [-0.4, -0.2) is 12.9 Å².